The number of aryl methyl sites for hydroxylation is 6. The molecule has 11 N–H and O–H groups in total. The van der Waals surface area contributed by atoms with Gasteiger partial charge in [0.25, 0.3) is 0 Å². The first kappa shape index (κ1) is 61.1. The minimum absolute atomic E-state index is 0.119. The van der Waals surface area contributed by atoms with Crippen molar-refractivity contribution in [2.24, 2.45) is 32.2 Å². The lowest BCUT2D eigenvalue weighted by Gasteiger charge is -2.18. The monoisotopic (exact) mass is 1140 g/mol. The normalized spacial score (nSPS) is 12.7. The average molecular weight is 1140 g/mol. The van der Waals surface area contributed by atoms with Crippen LogP contribution < -0.4 is 47.4 Å². The van der Waals surface area contributed by atoms with Gasteiger partial charge in [0, 0.05) is 28.3 Å². The van der Waals surface area contributed by atoms with Crippen LogP contribution in [0.2, 0.25) is 0 Å². The zero-order valence-corrected chi connectivity index (χ0v) is 48.9. The summed E-state index contributed by atoms with van der Waals surface area (Å²) < 4.78 is 16.3. The topological polar surface area (TPSA) is 331 Å². The van der Waals surface area contributed by atoms with Gasteiger partial charge in [-0.25, -0.2) is 54.5 Å². The fraction of sp³-hybridized carbons (Fsp3) is 0.242. The van der Waals surface area contributed by atoms with Gasteiger partial charge >= 0.3 is 11.9 Å². The van der Waals surface area contributed by atoms with E-state index in [0.29, 0.717) is 46.2 Å². The molecule has 0 spiro atoms. The number of hydrogen-bond acceptors (Lipinski definition) is 14. The smallest absolute Gasteiger partial charge is 0.336 e. The minimum atomic E-state index is -0.997. The van der Waals surface area contributed by atoms with Crippen molar-refractivity contribution < 1.29 is 34.0 Å². The Hall–Kier alpha value is -10.5. The number of rotatable bonds is 14. The highest BCUT2D eigenvalue weighted by Gasteiger charge is 2.21. The maximum Gasteiger partial charge on any atom is 0.336 e. The van der Waals surface area contributed by atoms with E-state index in [9.17, 15) is 19.8 Å². The summed E-state index contributed by atoms with van der Waals surface area (Å²) in [6.07, 6.45) is 0. The maximum absolute atomic E-state index is 11.4. The van der Waals surface area contributed by atoms with E-state index in [-0.39, 0.29) is 35.0 Å². The number of guanidine groups is 3. The molecule has 0 saturated carbocycles. The van der Waals surface area contributed by atoms with Crippen molar-refractivity contribution in [2.75, 3.05) is 37.3 Å². The predicted molar refractivity (Wildman–Crippen MR) is 331 cm³/mol. The summed E-state index contributed by atoms with van der Waals surface area (Å²) in [6, 6.07) is 33.8. The number of nitrogens with one attached hydrogen (secondary N) is 3. The Morgan fingerprint density at radius 1 is 0.452 bits per heavy atom. The number of ether oxygens (including phenoxy) is 3. The molecule has 84 heavy (non-hydrogen) atoms. The molecular weight excluding hydrogens is 1070 g/mol. The summed E-state index contributed by atoms with van der Waals surface area (Å²) in [7, 11) is 4.76. The van der Waals surface area contributed by atoms with Crippen molar-refractivity contribution in [1.82, 2.24) is 29.9 Å². The molecule has 22 nitrogen and oxygen atoms in total. The lowest BCUT2D eigenvalue weighted by molar-refractivity contribution is 0.0684. The first-order valence-corrected chi connectivity index (χ1v) is 26.6. The average Bonchev–Trinajstić information content (AvgIpc) is 3.59. The van der Waals surface area contributed by atoms with E-state index >= 15 is 0 Å². The third-order valence-corrected chi connectivity index (χ3v) is 13.3. The van der Waals surface area contributed by atoms with Crippen molar-refractivity contribution in [3.8, 4) is 17.2 Å². The maximum atomic E-state index is 11.4. The largest absolute Gasteiger partial charge is 0.496 e. The Labute approximate surface area is 486 Å². The molecule has 0 amide bonds. The van der Waals surface area contributed by atoms with Gasteiger partial charge in [0.2, 0.25) is 17.8 Å². The van der Waals surface area contributed by atoms with Crippen molar-refractivity contribution in [1.29, 1.82) is 0 Å². The van der Waals surface area contributed by atoms with Gasteiger partial charge in [-0.1, -0.05) is 71.3 Å². The second-order valence-corrected chi connectivity index (χ2v) is 19.6. The minimum Gasteiger partial charge on any atom is -0.496 e. The molecule has 0 saturated heterocycles. The molecule has 0 aliphatic heterocycles. The van der Waals surface area contributed by atoms with Crippen molar-refractivity contribution in [2.45, 2.75) is 80.4 Å². The number of carboxylic acid groups (broad SMARTS) is 2. The summed E-state index contributed by atoms with van der Waals surface area (Å²) >= 11 is 0. The standard InChI is InChI=1S/C22H27N5O3.2C20H21N5O2/c1-12-7-8-17-16(9-12)13(2)25-22(26-17)27-21(23)24-14(3)20-18(29-5)10-15(28-4)11-19(20)30-6;2*1-11-8-9-17-16(10-11)13(3)23-20(24-17)25-19(21)22-12(2)14-6-4-5-7-15(14)18(26)27/h7-11,14H,1-6H3,(H3,23,24,25,26,27);2*4-10,12H,1-3H3,(H,26,27)(H3,21,22,23,24,25). The predicted octanol–water partition coefficient (Wildman–Crippen LogP) is 10.6. The first-order chi connectivity index (χ1) is 40.0. The van der Waals surface area contributed by atoms with Gasteiger partial charge in [-0.15, -0.1) is 0 Å². The van der Waals surface area contributed by atoms with Crippen LogP contribution in [0.1, 0.15) is 110 Å². The van der Waals surface area contributed by atoms with Crippen molar-refractivity contribution in [3.63, 3.8) is 0 Å². The fourth-order valence-electron chi connectivity index (χ4n) is 9.18. The van der Waals surface area contributed by atoms with E-state index in [2.05, 4.69) is 66.9 Å². The quantitative estimate of drug-likeness (QED) is 0.0370. The Kier molecular flexibility index (Phi) is 19.9. The molecule has 3 heterocycles. The number of aliphatic imine (C=N–C) groups is 3. The molecule has 6 aromatic carbocycles. The van der Waals surface area contributed by atoms with E-state index in [4.69, 9.17) is 31.4 Å². The van der Waals surface area contributed by atoms with Crippen LogP contribution in [0.25, 0.3) is 32.7 Å². The zero-order chi connectivity index (χ0) is 60.9. The molecule has 0 aliphatic rings. The fourth-order valence-corrected chi connectivity index (χ4v) is 9.18. The van der Waals surface area contributed by atoms with Gasteiger partial charge in [-0.2, -0.15) is 0 Å². The number of nitrogens with two attached hydrogens (primary N) is 3. The highest BCUT2D eigenvalue weighted by atomic mass is 16.5. The van der Waals surface area contributed by atoms with Gasteiger partial charge in [0.1, 0.15) is 17.2 Å². The summed E-state index contributed by atoms with van der Waals surface area (Å²) in [4.78, 5) is 62.8. The number of carbonyl (C=O) groups is 2. The van der Waals surface area contributed by atoms with Crippen LogP contribution in [0.15, 0.2) is 130 Å². The highest BCUT2D eigenvalue weighted by Crippen LogP contribution is 2.40. The van der Waals surface area contributed by atoms with Crippen LogP contribution >= 0.6 is 0 Å². The number of anilines is 3. The van der Waals surface area contributed by atoms with Crippen molar-refractivity contribution >= 4 is 80.4 Å². The Morgan fingerprint density at radius 3 is 1.08 bits per heavy atom. The highest BCUT2D eigenvalue weighted by molar-refractivity contribution is 5.95. The number of methoxy groups -OCH3 is 3. The number of aromatic nitrogens is 6. The third-order valence-electron chi connectivity index (χ3n) is 13.3. The molecule has 0 aliphatic carbocycles. The van der Waals surface area contributed by atoms with Crippen LogP contribution in [-0.2, 0) is 0 Å². The van der Waals surface area contributed by atoms with Gasteiger partial charge < -0.3 is 41.6 Å². The molecule has 0 bridgehead atoms. The summed E-state index contributed by atoms with van der Waals surface area (Å²) in [5, 5.41) is 30.4. The summed E-state index contributed by atoms with van der Waals surface area (Å²) in [5.74, 6) is 1.36. The van der Waals surface area contributed by atoms with E-state index in [1.165, 1.54) is 0 Å². The lowest BCUT2D eigenvalue weighted by atomic mass is 10.0. The number of nitrogens with zero attached hydrogens (tertiary/aromatic N) is 9. The van der Waals surface area contributed by atoms with Crippen LogP contribution in [0.4, 0.5) is 17.8 Å². The number of benzene rings is 6. The zero-order valence-electron chi connectivity index (χ0n) is 48.9. The molecule has 9 aromatic rings. The van der Waals surface area contributed by atoms with Crippen LogP contribution in [0.3, 0.4) is 0 Å². The van der Waals surface area contributed by atoms with Gasteiger partial charge in [-0.05, 0) is 122 Å². The molecule has 3 atom stereocenters. The second kappa shape index (κ2) is 27.3. The van der Waals surface area contributed by atoms with E-state index in [1.54, 1.807) is 95.8 Å². The van der Waals surface area contributed by atoms with Crippen LogP contribution in [0, 0.1) is 41.5 Å². The Morgan fingerprint density at radius 2 is 0.774 bits per heavy atom. The van der Waals surface area contributed by atoms with E-state index in [0.717, 1.165) is 72.0 Å². The van der Waals surface area contributed by atoms with E-state index < -0.39 is 24.0 Å². The molecule has 22 heteroatoms. The number of fused-ring (bicyclic) bond motifs is 3. The van der Waals surface area contributed by atoms with Crippen molar-refractivity contribution in [3.05, 3.63) is 177 Å². The molecule has 0 radical (unpaired) electrons. The van der Waals surface area contributed by atoms with Gasteiger partial charge in [-0.3, -0.25) is 16.0 Å². The second-order valence-electron chi connectivity index (χ2n) is 19.6. The summed E-state index contributed by atoms with van der Waals surface area (Å²) in [6.45, 7) is 17.3. The van der Waals surface area contributed by atoms with Crippen LogP contribution in [-0.4, -0.2) is 91.3 Å². The number of carboxylic acids is 2. The molecule has 434 valence electrons. The van der Waals surface area contributed by atoms with Gasteiger partial charge in [0.15, 0.2) is 17.9 Å². The Bertz CT molecular complexity index is 3810. The number of aromatic carboxylic acids is 2. The molecule has 3 aromatic heterocycles. The van der Waals surface area contributed by atoms with E-state index in [1.807, 2.05) is 97.0 Å². The molecule has 3 unspecified atom stereocenters. The third kappa shape index (κ3) is 15.3. The molecule has 0 fully saturated rings. The Balaban J connectivity index is 0.000000181. The first-order valence-electron chi connectivity index (χ1n) is 26.6. The molecule has 9 rings (SSSR count). The summed E-state index contributed by atoms with van der Waals surface area (Å²) in [5.41, 5.74) is 28.9. The SMILES string of the molecule is COc1cc(OC)c(C(C)N=C(N)Nc2nc(C)c3cc(C)ccc3n2)c(OC)c1.Cc1ccc2nc(NC(N)=NC(C)c3ccccc3C(=O)O)nc(C)c2c1.Cc1ccc2nc(NC(N)=NC(C)c3ccccc3C(=O)O)nc(C)c2c1. The number of hydrogen-bond donors (Lipinski definition) is 8. The van der Waals surface area contributed by atoms with Crippen LogP contribution in [0.5, 0.6) is 17.2 Å². The molecular formula is C62H69N15O7. The van der Waals surface area contributed by atoms with Gasteiger partial charge in [0.05, 0.1) is 89.8 Å². The lowest BCUT2D eigenvalue weighted by Crippen LogP contribution is -2.25.